The molecular weight excluding hydrogens is 376 g/mol. The van der Waals surface area contributed by atoms with E-state index < -0.39 is 11.4 Å². The Morgan fingerprint density at radius 1 is 1.07 bits per heavy atom. The number of aliphatic carboxylic acids is 1. The molecule has 5 heteroatoms. The van der Waals surface area contributed by atoms with Crippen LogP contribution in [-0.2, 0) is 14.9 Å². The van der Waals surface area contributed by atoms with Gasteiger partial charge in [-0.2, -0.15) is 0 Å². The van der Waals surface area contributed by atoms with Crippen molar-refractivity contribution >= 4 is 17.6 Å². The zero-order valence-corrected chi connectivity index (χ0v) is 18.4. The Balaban J connectivity index is 1.83. The number of methoxy groups -OCH3 is 1. The highest BCUT2D eigenvalue weighted by Crippen LogP contribution is 2.48. The lowest BCUT2D eigenvalue weighted by atomic mass is 9.93. The van der Waals surface area contributed by atoms with Gasteiger partial charge in [0.15, 0.2) is 0 Å². The molecule has 0 unspecified atom stereocenters. The van der Waals surface area contributed by atoms with E-state index in [0.29, 0.717) is 0 Å². The summed E-state index contributed by atoms with van der Waals surface area (Å²) in [6.45, 7) is 6.93. The van der Waals surface area contributed by atoms with E-state index in [-0.39, 0.29) is 0 Å². The Morgan fingerprint density at radius 3 is 2.03 bits per heavy atom. The average molecular weight is 407 g/mol. The molecule has 30 heavy (non-hydrogen) atoms. The number of carboxylic acids is 1. The van der Waals surface area contributed by atoms with E-state index in [2.05, 4.69) is 28.9 Å². The maximum absolute atomic E-state index is 11.5. The molecule has 0 heterocycles. The minimum absolute atomic E-state index is 0.664. The van der Waals surface area contributed by atoms with E-state index in [0.717, 1.165) is 58.9 Å². The SMILES string of the molecule is CCN(C)C(C)=N/C(C)=C(/OC)c1ccc(-c2ccc(C3(C(=O)O)CC3)cc2)cc1. The second-order valence-electron chi connectivity index (χ2n) is 7.83. The van der Waals surface area contributed by atoms with Gasteiger partial charge in [0.05, 0.1) is 18.2 Å². The second kappa shape index (κ2) is 8.74. The van der Waals surface area contributed by atoms with Gasteiger partial charge in [-0.15, -0.1) is 0 Å². The van der Waals surface area contributed by atoms with Gasteiger partial charge in [0, 0.05) is 19.2 Å². The van der Waals surface area contributed by atoms with E-state index in [1.165, 1.54) is 0 Å². The van der Waals surface area contributed by atoms with Crippen molar-refractivity contribution in [3.63, 3.8) is 0 Å². The van der Waals surface area contributed by atoms with Crippen molar-refractivity contribution in [1.82, 2.24) is 4.90 Å². The van der Waals surface area contributed by atoms with Crippen LogP contribution in [-0.4, -0.2) is 42.5 Å². The van der Waals surface area contributed by atoms with Crippen LogP contribution in [0.4, 0.5) is 0 Å². The molecule has 1 aliphatic rings. The first kappa shape index (κ1) is 21.6. The van der Waals surface area contributed by atoms with Gasteiger partial charge in [0.25, 0.3) is 0 Å². The van der Waals surface area contributed by atoms with Gasteiger partial charge in [-0.25, -0.2) is 4.99 Å². The third kappa shape index (κ3) is 4.25. The van der Waals surface area contributed by atoms with Gasteiger partial charge in [0.2, 0.25) is 0 Å². The molecule has 3 rings (SSSR count). The third-order valence-electron chi connectivity index (χ3n) is 5.97. The number of carboxylic acid groups (broad SMARTS) is 1. The number of hydrogen-bond acceptors (Lipinski definition) is 3. The second-order valence-corrected chi connectivity index (χ2v) is 7.83. The molecule has 0 bridgehead atoms. The van der Waals surface area contributed by atoms with Crippen molar-refractivity contribution in [2.45, 2.75) is 39.0 Å². The summed E-state index contributed by atoms with van der Waals surface area (Å²) in [6, 6.07) is 16.0. The van der Waals surface area contributed by atoms with Crippen LogP contribution < -0.4 is 0 Å². The number of allylic oxidation sites excluding steroid dienone is 1. The molecule has 2 aromatic carbocycles. The predicted molar refractivity (Wildman–Crippen MR) is 121 cm³/mol. The summed E-state index contributed by atoms with van der Waals surface area (Å²) < 4.78 is 5.64. The van der Waals surface area contributed by atoms with Crippen molar-refractivity contribution < 1.29 is 14.6 Å². The summed E-state index contributed by atoms with van der Waals surface area (Å²) in [7, 11) is 3.68. The molecule has 2 aromatic rings. The number of ether oxygens (including phenoxy) is 1. The average Bonchev–Trinajstić information content (AvgIpc) is 3.56. The number of benzene rings is 2. The molecule has 0 radical (unpaired) electrons. The van der Waals surface area contributed by atoms with Crippen LogP contribution in [0.25, 0.3) is 16.9 Å². The van der Waals surface area contributed by atoms with Crippen LogP contribution in [0.2, 0.25) is 0 Å². The molecule has 0 saturated heterocycles. The monoisotopic (exact) mass is 406 g/mol. The molecule has 5 nitrogen and oxygen atoms in total. The Hall–Kier alpha value is -3.08. The maximum Gasteiger partial charge on any atom is 0.314 e. The topological polar surface area (TPSA) is 62.1 Å². The van der Waals surface area contributed by atoms with Gasteiger partial charge < -0.3 is 14.7 Å². The van der Waals surface area contributed by atoms with Gasteiger partial charge >= 0.3 is 5.97 Å². The fourth-order valence-electron chi connectivity index (χ4n) is 3.63. The highest BCUT2D eigenvalue weighted by Gasteiger charge is 2.51. The standard InChI is InChI=1S/C25H30N2O3/c1-6-27(4)18(3)26-17(2)23(30-5)21-9-7-19(8-10-21)20-11-13-22(14-12-20)25(15-16-25)24(28)29/h7-14H,6,15-16H2,1-5H3,(H,28,29)/b23-17+,26-18?. The van der Waals surface area contributed by atoms with Gasteiger partial charge in [-0.3, -0.25) is 4.79 Å². The van der Waals surface area contributed by atoms with E-state index in [1.807, 2.05) is 57.3 Å². The highest BCUT2D eigenvalue weighted by molar-refractivity contribution is 5.85. The smallest absolute Gasteiger partial charge is 0.314 e. The summed E-state index contributed by atoms with van der Waals surface area (Å²) in [4.78, 5) is 18.3. The number of carbonyl (C=O) groups is 1. The quantitative estimate of drug-likeness (QED) is 0.391. The lowest BCUT2D eigenvalue weighted by Crippen LogP contribution is -2.23. The van der Waals surface area contributed by atoms with Crippen LogP contribution >= 0.6 is 0 Å². The lowest BCUT2D eigenvalue weighted by Gasteiger charge is -2.17. The molecule has 0 aliphatic heterocycles. The van der Waals surface area contributed by atoms with E-state index in [4.69, 9.17) is 4.74 Å². The van der Waals surface area contributed by atoms with E-state index in [1.54, 1.807) is 7.11 Å². The number of hydrogen-bond donors (Lipinski definition) is 1. The van der Waals surface area contributed by atoms with Gasteiger partial charge in [-0.1, -0.05) is 48.5 Å². The summed E-state index contributed by atoms with van der Waals surface area (Å²) in [5.41, 5.74) is 4.15. The van der Waals surface area contributed by atoms with Gasteiger partial charge in [0.1, 0.15) is 11.6 Å². The number of amidine groups is 1. The summed E-state index contributed by atoms with van der Waals surface area (Å²) in [5.74, 6) is 0.964. The first-order valence-corrected chi connectivity index (χ1v) is 10.3. The molecule has 1 aliphatic carbocycles. The molecule has 158 valence electrons. The minimum atomic E-state index is -0.725. The number of aliphatic imine (C=N–C) groups is 1. The zero-order valence-electron chi connectivity index (χ0n) is 18.4. The van der Waals surface area contributed by atoms with Crippen molar-refractivity contribution in [3.8, 4) is 11.1 Å². The van der Waals surface area contributed by atoms with Gasteiger partial charge in [-0.05, 0) is 50.3 Å². The third-order valence-corrected chi connectivity index (χ3v) is 5.97. The van der Waals surface area contributed by atoms with Crippen LogP contribution in [0.5, 0.6) is 0 Å². The largest absolute Gasteiger partial charge is 0.494 e. The Morgan fingerprint density at radius 2 is 1.60 bits per heavy atom. The first-order valence-electron chi connectivity index (χ1n) is 10.3. The number of nitrogens with zero attached hydrogens (tertiary/aromatic N) is 2. The van der Waals surface area contributed by atoms with Crippen molar-refractivity contribution in [1.29, 1.82) is 0 Å². The van der Waals surface area contributed by atoms with Crippen molar-refractivity contribution in [3.05, 3.63) is 65.4 Å². The predicted octanol–water partition coefficient (Wildman–Crippen LogP) is 5.17. The molecule has 0 atom stereocenters. The van der Waals surface area contributed by atoms with Crippen LogP contribution in [0, 0.1) is 0 Å². The van der Waals surface area contributed by atoms with Crippen molar-refractivity contribution in [2.75, 3.05) is 20.7 Å². The zero-order chi connectivity index (χ0) is 21.9. The maximum atomic E-state index is 11.5. The Kier molecular flexibility index (Phi) is 6.30. The Bertz CT molecular complexity index is 968. The first-order chi connectivity index (χ1) is 14.3. The number of rotatable bonds is 7. The van der Waals surface area contributed by atoms with Crippen LogP contribution in [0.1, 0.15) is 44.7 Å². The molecule has 0 amide bonds. The fourth-order valence-corrected chi connectivity index (χ4v) is 3.63. The molecule has 1 N–H and O–H groups in total. The van der Waals surface area contributed by atoms with Crippen LogP contribution in [0.15, 0.2) is 59.2 Å². The fraction of sp³-hybridized carbons (Fsp3) is 0.360. The normalized spacial score (nSPS) is 16.0. The Labute approximate surface area is 178 Å². The molecule has 0 aromatic heterocycles. The summed E-state index contributed by atoms with van der Waals surface area (Å²) >= 11 is 0. The molecule has 1 saturated carbocycles. The van der Waals surface area contributed by atoms with E-state index in [9.17, 15) is 9.90 Å². The summed E-state index contributed by atoms with van der Waals surface area (Å²) in [5, 5.41) is 9.47. The van der Waals surface area contributed by atoms with Crippen LogP contribution in [0.3, 0.4) is 0 Å². The molecule has 0 spiro atoms. The van der Waals surface area contributed by atoms with E-state index >= 15 is 0 Å². The summed E-state index contributed by atoms with van der Waals surface area (Å²) in [6.07, 6.45) is 1.44. The van der Waals surface area contributed by atoms with Crippen molar-refractivity contribution in [2.24, 2.45) is 4.99 Å². The highest BCUT2D eigenvalue weighted by atomic mass is 16.5. The lowest BCUT2D eigenvalue weighted by molar-refractivity contribution is -0.140. The molecule has 1 fully saturated rings. The molecular formula is C25H30N2O3. The minimum Gasteiger partial charge on any atom is -0.494 e.